The Morgan fingerprint density at radius 2 is 1.72 bits per heavy atom. The number of ether oxygens (including phenoxy) is 1. The van der Waals surface area contributed by atoms with Gasteiger partial charge in [-0.2, -0.15) is 0 Å². The summed E-state index contributed by atoms with van der Waals surface area (Å²) in [6.45, 7) is 8.30. The van der Waals surface area contributed by atoms with Gasteiger partial charge in [0.25, 0.3) is 5.91 Å². The summed E-state index contributed by atoms with van der Waals surface area (Å²) in [6, 6.07) is 13.7. The smallest absolute Gasteiger partial charge is 0.251 e. The van der Waals surface area contributed by atoms with Crippen molar-refractivity contribution in [3.8, 4) is 5.75 Å². The van der Waals surface area contributed by atoms with Gasteiger partial charge in [-0.1, -0.05) is 29.8 Å². The molecule has 0 atom stereocenters. The molecule has 0 heterocycles. The van der Waals surface area contributed by atoms with Gasteiger partial charge in [0, 0.05) is 37.8 Å². The van der Waals surface area contributed by atoms with Gasteiger partial charge in [0.1, 0.15) is 5.75 Å². The van der Waals surface area contributed by atoms with Crippen molar-refractivity contribution in [3.05, 3.63) is 64.7 Å². The molecular weight excluding hydrogens is 479 g/mol. The van der Waals surface area contributed by atoms with E-state index >= 15 is 0 Å². The van der Waals surface area contributed by atoms with E-state index < -0.39 is 0 Å². The molecule has 6 nitrogen and oxygen atoms in total. The van der Waals surface area contributed by atoms with Crippen molar-refractivity contribution < 1.29 is 9.53 Å². The second kappa shape index (κ2) is 13.0. The molecular formula is C22H31IN4O2. The van der Waals surface area contributed by atoms with Gasteiger partial charge < -0.3 is 20.7 Å². The Balaban J connectivity index is 0.00000420. The van der Waals surface area contributed by atoms with Gasteiger partial charge in [-0.15, -0.1) is 24.0 Å². The van der Waals surface area contributed by atoms with E-state index in [0.717, 1.165) is 16.9 Å². The van der Waals surface area contributed by atoms with Crippen LogP contribution in [0.1, 0.15) is 34.0 Å². The lowest BCUT2D eigenvalue weighted by Crippen LogP contribution is -2.41. The minimum atomic E-state index is -0.0746. The van der Waals surface area contributed by atoms with E-state index in [-0.39, 0.29) is 29.9 Å². The molecule has 0 unspecified atom stereocenters. The standard InChI is InChI=1S/C22H30N4O2.HI/c1-5-28-20-14-17(3)9-10-19(20)15-26-22(23-4)25-12-11-24-21(27)18-8-6-7-16(2)13-18;/h6-10,13-14H,5,11-12,15H2,1-4H3,(H,24,27)(H2,23,25,26);1H. The van der Waals surface area contributed by atoms with Crippen molar-refractivity contribution in [2.75, 3.05) is 26.7 Å². The van der Waals surface area contributed by atoms with Gasteiger partial charge in [-0.05, 0) is 44.5 Å². The topological polar surface area (TPSA) is 74.8 Å². The fourth-order valence-corrected chi connectivity index (χ4v) is 2.74. The summed E-state index contributed by atoms with van der Waals surface area (Å²) in [5.74, 6) is 1.48. The molecule has 0 saturated carbocycles. The van der Waals surface area contributed by atoms with E-state index in [4.69, 9.17) is 4.74 Å². The van der Waals surface area contributed by atoms with Crippen LogP contribution >= 0.6 is 24.0 Å². The fourth-order valence-electron chi connectivity index (χ4n) is 2.74. The number of nitrogens with one attached hydrogen (secondary N) is 3. The van der Waals surface area contributed by atoms with E-state index in [1.807, 2.05) is 51.1 Å². The van der Waals surface area contributed by atoms with Crippen LogP contribution < -0.4 is 20.7 Å². The average molecular weight is 510 g/mol. The van der Waals surface area contributed by atoms with Crippen molar-refractivity contribution in [1.82, 2.24) is 16.0 Å². The Morgan fingerprint density at radius 1 is 1.00 bits per heavy atom. The van der Waals surface area contributed by atoms with Crippen LogP contribution in [0.15, 0.2) is 47.5 Å². The third kappa shape index (κ3) is 8.31. The molecule has 0 saturated heterocycles. The summed E-state index contributed by atoms with van der Waals surface area (Å²) >= 11 is 0. The first kappa shape index (κ1) is 24.7. The number of hydrogen-bond acceptors (Lipinski definition) is 3. The molecule has 0 radical (unpaired) electrons. The fraction of sp³-hybridized carbons (Fsp3) is 0.364. The maximum absolute atomic E-state index is 12.1. The van der Waals surface area contributed by atoms with Crippen molar-refractivity contribution >= 4 is 35.8 Å². The third-order valence-corrected chi connectivity index (χ3v) is 4.18. The Morgan fingerprint density at radius 3 is 2.41 bits per heavy atom. The monoisotopic (exact) mass is 510 g/mol. The number of aryl methyl sites for hydroxylation is 2. The second-order valence-electron chi connectivity index (χ2n) is 6.52. The number of benzene rings is 2. The lowest BCUT2D eigenvalue weighted by molar-refractivity contribution is 0.0954. The van der Waals surface area contributed by atoms with Crippen molar-refractivity contribution in [2.24, 2.45) is 4.99 Å². The lowest BCUT2D eigenvalue weighted by Gasteiger charge is -2.15. The number of aliphatic imine (C=N–C) groups is 1. The Labute approximate surface area is 190 Å². The third-order valence-electron chi connectivity index (χ3n) is 4.18. The summed E-state index contributed by atoms with van der Waals surface area (Å²) in [5.41, 5.74) is 3.98. The van der Waals surface area contributed by atoms with Crippen molar-refractivity contribution in [2.45, 2.75) is 27.3 Å². The Bertz CT molecular complexity index is 824. The number of rotatable bonds is 8. The number of nitrogens with zero attached hydrogens (tertiary/aromatic N) is 1. The van der Waals surface area contributed by atoms with Gasteiger partial charge in [0.15, 0.2) is 5.96 Å². The van der Waals surface area contributed by atoms with Crippen LogP contribution in [0.25, 0.3) is 0 Å². The van der Waals surface area contributed by atoms with E-state index in [0.29, 0.717) is 37.8 Å². The maximum atomic E-state index is 12.1. The molecule has 2 aromatic rings. The molecule has 3 N–H and O–H groups in total. The summed E-state index contributed by atoms with van der Waals surface area (Å²) < 4.78 is 5.71. The minimum absolute atomic E-state index is 0. The number of carbonyl (C=O) groups is 1. The molecule has 158 valence electrons. The van der Waals surface area contributed by atoms with Crippen LogP contribution in [0.4, 0.5) is 0 Å². The van der Waals surface area contributed by atoms with Crippen LogP contribution in [0, 0.1) is 13.8 Å². The number of halogens is 1. The van der Waals surface area contributed by atoms with Gasteiger partial charge in [-0.25, -0.2) is 0 Å². The predicted octanol–water partition coefficient (Wildman–Crippen LogP) is 3.42. The van der Waals surface area contributed by atoms with Gasteiger partial charge in [0.2, 0.25) is 0 Å². The summed E-state index contributed by atoms with van der Waals surface area (Å²) in [4.78, 5) is 16.4. The van der Waals surface area contributed by atoms with Gasteiger partial charge in [-0.3, -0.25) is 9.79 Å². The van der Waals surface area contributed by atoms with Crippen LogP contribution in [0.3, 0.4) is 0 Å². The molecule has 0 aliphatic heterocycles. The van der Waals surface area contributed by atoms with Crippen LogP contribution in [-0.2, 0) is 6.54 Å². The first-order chi connectivity index (χ1) is 13.5. The highest BCUT2D eigenvalue weighted by Gasteiger charge is 2.07. The van der Waals surface area contributed by atoms with Crippen LogP contribution in [0.5, 0.6) is 5.75 Å². The van der Waals surface area contributed by atoms with Crippen LogP contribution in [0.2, 0.25) is 0 Å². The highest BCUT2D eigenvalue weighted by molar-refractivity contribution is 14.0. The van der Waals surface area contributed by atoms with E-state index in [2.05, 4.69) is 33.1 Å². The minimum Gasteiger partial charge on any atom is -0.494 e. The maximum Gasteiger partial charge on any atom is 0.251 e. The predicted molar refractivity (Wildman–Crippen MR) is 129 cm³/mol. The molecule has 0 fully saturated rings. The highest BCUT2D eigenvalue weighted by Crippen LogP contribution is 2.20. The molecule has 0 aromatic heterocycles. The summed E-state index contributed by atoms with van der Waals surface area (Å²) in [5, 5.41) is 9.39. The summed E-state index contributed by atoms with van der Waals surface area (Å²) in [6.07, 6.45) is 0. The number of hydrogen-bond donors (Lipinski definition) is 3. The molecule has 29 heavy (non-hydrogen) atoms. The average Bonchev–Trinajstić information content (AvgIpc) is 2.68. The first-order valence-electron chi connectivity index (χ1n) is 9.55. The van der Waals surface area contributed by atoms with E-state index in [1.165, 1.54) is 5.56 Å². The van der Waals surface area contributed by atoms with Gasteiger partial charge >= 0.3 is 0 Å². The van der Waals surface area contributed by atoms with E-state index in [1.54, 1.807) is 7.05 Å². The number of guanidine groups is 1. The molecule has 7 heteroatoms. The zero-order chi connectivity index (χ0) is 20.4. The summed E-state index contributed by atoms with van der Waals surface area (Å²) in [7, 11) is 1.72. The van der Waals surface area contributed by atoms with E-state index in [9.17, 15) is 4.79 Å². The second-order valence-corrected chi connectivity index (χ2v) is 6.52. The SMILES string of the molecule is CCOc1cc(C)ccc1CNC(=NC)NCCNC(=O)c1cccc(C)c1.I. The Hall–Kier alpha value is -2.29. The first-order valence-corrected chi connectivity index (χ1v) is 9.55. The Kier molecular flexibility index (Phi) is 11.1. The molecule has 1 amide bonds. The number of amides is 1. The van der Waals surface area contributed by atoms with Gasteiger partial charge in [0.05, 0.1) is 6.61 Å². The lowest BCUT2D eigenvalue weighted by atomic mass is 10.1. The highest BCUT2D eigenvalue weighted by atomic mass is 127. The molecule has 2 rings (SSSR count). The normalized spacial score (nSPS) is 10.7. The zero-order valence-electron chi connectivity index (χ0n) is 17.5. The number of carbonyl (C=O) groups excluding carboxylic acids is 1. The van der Waals surface area contributed by atoms with Crippen molar-refractivity contribution in [1.29, 1.82) is 0 Å². The molecule has 0 aliphatic rings. The quantitative estimate of drug-likeness (QED) is 0.220. The largest absolute Gasteiger partial charge is 0.494 e. The van der Waals surface area contributed by atoms with Crippen molar-refractivity contribution in [3.63, 3.8) is 0 Å². The molecule has 0 aliphatic carbocycles. The van der Waals surface area contributed by atoms with Crippen LogP contribution in [-0.4, -0.2) is 38.6 Å². The molecule has 0 bridgehead atoms. The zero-order valence-corrected chi connectivity index (χ0v) is 19.9. The molecule has 0 spiro atoms. The molecule has 2 aromatic carbocycles.